The van der Waals surface area contributed by atoms with Gasteiger partial charge in [0.15, 0.2) is 0 Å². The standard InChI is InChI=1S/C22H27N3O6S/c1-30-20-9-3-17(4-10-20)15-23-21(26)16-25(32(2,28)29)19-7-5-18(6-8-19)22(27)24-11-13-31-14-12-24/h3-10H,11-16H2,1-2H3,(H,23,26). The molecule has 0 atom stereocenters. The molecular formula is C22H27N3O6S. The zero-order valence-corrected chi connectivity index (χ0v) is 18.9. The number of ether oxygens (including phenoxy) is 2. The van der Waals surface area contributed by atoms with Crippen molar-refractivity contribution < 1.29 is 27.5 Å². The van der Waals surface area contributed by atoms with Crippen LogP contribution in [0.4, 0.5) is 5.69 Å². The van der Waals surface area contributed by atoms with Crippen LogP contribution in [0.15, 0.2) is 48.5 Å². The minimum Gasteiger partial charge on any atom is -0.497 e. The number of carbonyl (C=O) groups excluding carboxylic acids is 2. The van der Waals surface area contributed by atoms with E-state index in [0.29, 0.717) is 43.3 Å². The Morgan fingerprint density at radius 2 is 1.69 bits per heavy atom. The van der Waals surface area contributed by atoms with Crippen molar-refractivity contribution in [3.63, 3.8) is 0 Å². The molecule has 1 aliphatic rings. The first-order valence-electron chi connectivity index (χ1n) is 10.1. The Kier molecular flexibility index (Phi) is 7.70. The highest BCUT2D eigenvalue weighted by atomic mass is 32.2. The summed E-state index contributed by atoms with van der Waals surface area (Å²) in [5, 5.41) is 2.72. The van der Waals surface area contributed by atoms with E-state index in [-0.39, 0.29) is 19.0 Å². The van der Waals surface area contributed by atoms with E-state index in [1.165, 1.54) is 12.1 Å². The van der Waals surface area contributed by atoms with Crippen LogP contribution in [0.1, 0.15) is 15.9 Å². The number of hydrogen-bond donors (Lipinski definition) is 1. The number of benzene rings is 2. The second kappa shape index (κ2) is 10.5. The van der Waals surface area contributed by atoms with Crippen molar-refractivity contribution in [3.8, 4) is 5.75 Å². The molecule has 0 bridgehead atoms. The minimum atomic E-state index is -3.71. The fourth-order valence-electron chi connectivity index (χ4n) is 3.25. The molecular weight excluding hydrogens is 434 g/mol. The van der Waals surface area contributed by atoms with Gasteiger partial charge in [0.05, 0.1) is 32.3 Å². The number of anilines is 1. The molecule has 1 aliphatic heterocycles. The van der Waals surface area contributed by atoms with E-state index in [0.717, 1.165) is 16.1 Å². The van der Waals surface area contributed by atoms with Gasteiger partial charge in [0.1, 0.15) is 12.3 Å². The molecule has 1 fully saturated rings. The van der Waals surface area contributed by atoms with Crippen LogP contribution in [0, 0.1) is 0 Å². The summed E-state index contributed by atoms with van der Waals surface area (Å²) in [5.74, 6) is 0.126. The van der Waals surface area contributed by atoms with Crippen LogP contribution in [0.2, 0.25) is 0 Å². The van der Waals surface area contributed by atoms with Crippen LogP contribution in [-0.2, 0) is 26.1 Å². The summed E-state index contributed by atoms with van der Waals surface area (Å²) in [5.41, 5.74) is 1.62. The molecule has 2 aromatic carbocycles. The number of carbonyl (C=O) groups is 2. The number of sulfonamides is 1. The molecule has 9 nitrogen and oxygen atoms in total. The Labute approximate surface area is 188 Å². The van der Waals surface area contributed by atoms with Crippen molar-refractivity contribution in [1.29, 1.82) is 0 Å². The van der Waals surface area contributed by atoms with E-state index >= 15 is 0 Å². The molecule has 0 radical (unpaired) electrons. The zero-order valence-electron chi connectivity index (χ0n) is 18.1. The lowest BCUT2D eigenvalue weighted by Crippen LogP contribution is -2.41. The van der Waals surface area contributed by atoms with Gasteiger partial charge in [-0.3, -0.25) is 13.9 Å². The highest BCUT2D eigenvalue weighted by molar-refractivity contribution is 7.92. The Morgan fingerprint density at radius 3 is 2.25 bits per heavy atom. The Hall–Kier alpha value is -3.11. The summed E-state index contributed by atoms with van der Waals surface area (Å²) in [6, 6.07) is 13.4. The summed E-state index contributed by atoms with van der Waals surface area (Å²) >= 11 is 0. The van der Waals surface area contributed by atoms with E-state index in [1.807, 2.05) is 12.1 Å². The number of nitrogens with one attached hydrogen (secondary N) is 1. The molecule has 0 spiro atoms. The monoisotopic (exact) mass is 461 g/mol. The number of nitrogens with zero attached hydrogens (tertiary/aromatic N) is 2. The van der Waals surface area contributed by atoms with Crippen LogP contribution in [-0.4, -0.2) is 71.3 Å². The van der Waals surface area contributed by atoms with Gasteiger partial charge in [0.25, 0.3) is 5.91 Å². The number of morpholine rings is 1. The summed E-state index contributed by atoms with van der Waals surface area (Å²) in [7, 11) is -2.14. The predicted molar refractivity (Wildman–Crippen MR) is 120 cm³/mol. The van der Waals surface area contributed by atoms with Crippen LogP contribution in [0.25, 0.3) is 0 Å². The second-order valence-electron chi connectivity index (χ2n) is 7.35. The number of amides is 2. The van der Waals surface area contributed by atoms with Gasteiger partial charge in [-0.1, -0.05) is 12.1 Å². The maximum Gasteiger partial charge on any atom is 0.254 e. The smallest absolute Gasteiger partial charge is 0.254 e. The van der Waals surface area contributed by atoms with Gasteiger partial charge in [-0.25, -0.2) is 8.42 Å². The molecule has 10 heteroatoms. The zero-order chi connectivity index (χ0) is 23.1. The van der Waals surface area contributed by atoms with Crippen molar-refractivity contribution in [2.24, 2.45) is 0 Å². The van der Waals surface area contributed by atoms with Gasteiger partial charge in [-0.2, -0.15) is 0 Å². The Balaban J connectivity index is 1.65. The molecule has 3 rings (SSSR count). The fourth-order valence-corrected chi connectivity index (χ4v) is 4.11. The van der Waals surface area contributed by atoms with E-state index in [9.17, 15) is 18.0 Å². The van der Waals surface area contributed by atoms with E-state index in [4.69, 9.17) is 9.47 Å². The topological polar surface area (TPSA) is 105 Å². The van der Waals surface area contributed by atoms with Crippen molar-refractivity contribution in [2.45, 2.75) is 6.54 Å². The van der Waals surface area contributed by atoms with Gasteiger partial charge in [0, 0.05) is 25.2 Å². The minimum absolute atomic E-state index is 0.136. The largest absolute Gasteiger partial charge is 0.497 e. The molecule has 2 aromatic rings. The molecule has 2 amide bonds. The highest BCUT2D eigenvalue weighted by Crippen LogP contribution is 2.19. The summed E-state index contributed by atoms with van der Waals surface area (Å²) < 4.78 is 36.0. The third-order valence-electron chi connectivity index (χ3n) is 5.04. The van der Waals surface area contributed by atoms with Gasteiger partial charge in [-0.05, 0) is 42.0 Å². The molecule has 0 unspecified atom stereocenters. The second-order valence-corrected chi connectivity index (χ2v) is 9.25. The third kappa shape index (κ3) is 6.21. The quantitative estimate of drug-likeness (QED) is 0.634. The molecule has 32 heavy (non-hydrogen) atoms. The van der Waals surface area contributed by atoms with E-state index < -0.39 is 15.9 Å². The van der Waals surface area contributed by atoms with Crippen LogP contribution >= 0.6 is 0 Å². The Bertz CT molecular complexity index is 1030. The van der Waals surface area contributed by atoms with Crippen molar-refractivity contribution in [3.05, 3.63) is 59.7 Å². The first kappa shape index (κ1) is 23.6. The first-order chi connectivity index (χ1) is 15.3. The average Bonchev–Trinajstić information content (AvgIpc) is 2.81. The Morgan fingerprint density at radius 1 is 1.06 bits per heavy atom. The molecule has 1 saturated heterocycles. The van der Waals surface area contributed by atoms with Crippen LogP contribution < -0.4 is 14.4 Å². The van der Waals surface area contributed by atoms with Crippen molar-refractivity contribution in [1.82, 2.24) is 10.2 Å². The maximum atomic E-state index is 12.6. The normalized spacial score (nSPS) is 14.0. The van der Waals surface area contributed by atoms with Gasteiger partial charge >= 0.3 is 0 Å². The molecule has 1 heterocycles. The van der Waals surface area contributed by atoms with E-state index in [2.05, 4.69) is 5.32 Å². The molecule has 172 valence electrons. The lowest BCUT2D eigenvalue weighted by Gasteiger charge is -2.27. The summed E-state index contributed by atoms with van der Waals surface area (Å²) in [6.45, 7) is 1.92. The van der Waals surface area contributed by atoms with E-state index in [1.54, 1.807) is 36.3 Å². The van der Waals surface area contributed by atoms with Crippen LogP contribution in [0.3, 0.4) is 0 Å². The van der Waals surface area contributed by atoms with Crippen LogP contribution in [0.5, 0.6) is 5.75 Å². The first-order valence-corrected chi connectivity index (χ1v) is 12.0. The molecule has 0 saturated carbocycles. The summed E-state index contributed by atoms with van der Waals surface area (Å²) in [4.78, 5) is 26.7. The third-order valence-corrected chi connectivity index (χ3v) is 6.18. The molecule has 0 aromatic heterocycles. The predicted octanol–water partition coefficient (Wildman–Crippen LogP) is 1.25. The van der Waals surface area contributed by atoms with Gasteiger partial charge in [-0.15, -0.1) is 0 Å². The molecule has 1 N–H and O–H groups in total. The maximum absolute atomic E-state index is 12.6. The lowest BCUT2D eigenvalue weighted by atomic mass is 10.1. The fraction of sp³-hybridized carbons (Fsp3) is 0.364. The average molecular weight is 462 g/mol. The van der Waals surface area contributed by atoms with Crippen molar-refractivity contribution >= 4 is 27.5 Å². The number of rotatable bonds is 8. The summed E-state index contributed by atoms with van der Waals surface area (Å²) in [6.07, 6.45) is 1.04. The number of methoxy groups -OCH3 is 1. The highest BCUT2D eigenvalue weighted by Gasteiger charge is 2.22. The molecule has 0 aliphatic carbocycles. The van der Waals surface area contributed by atoms with Gasteiger partial charge in [0.2, 0.25) is 15.9 Å². The number of hydrogen-bond acceptors (Lipinski definition) is 6. The SMILES string of the molecule is COc1ccc(CNC(=O)CN(c2ccc(C(=O)N3CCOCC3)cc2)S(C)(=O)=O)cc1. The van der Waals surface area contributed by atoms with Gasteiger partial charge < -0.3 is 19.7 Å². The van der Waals surface area contributed by atoms with Crippen molar-refractivity contribution in [2.75, 3.05) is 50.5 Å². The lowest BCUT2D eigenvalue weighted by molar-refractivity contribution is -0.119.